The van der Waals surface area contributed by atoms with Gasteiger partial charge in [0.25, 0.3) is 0 Å². The molecule has 0 heterocycles. The van der Waals surface area contributed by atoms with E-state index in [9.17, 15) is 4.79 Å². The van der Waals surface area contributed by atoms with Gasteiger partial charge in [0.15, 0.2) is 0 Å². The molecule has 0 aromatic heterocycles. The SMILES string of the molecule is CCCOC(C)(C)CN=C=O. The van der Waals surface area contributed by atoms with E-state index in [4.69, 9.17) is 4.74 Å². The number of rotatable bonds is 5. The zero-order valence-electron chi connectivity index (χ0n) is 7.39. The number of nitrogens with zero attached hydrogens (tertiary/aromatic N) is 1. The van der Waals surface area contributed by atoms with Crippen LogP contribution in [0.15, 0.2) is 4.99 Å². The highest BCUT2D eigenvalue weighted by molar-refractivity contribution is 5.33. The summed E-state index contributed by atoms with van der Waals surface area (Å²) in [7, 11) is 0. The van der Waals surface area contributed by atoms with Crippen LogP contribution in [0.1, 0.15) is 27.2 Å². The molecule has 0 bridgehead atoms. The summed E-state index contributed by atoms with van der Waals surface area (Å²) in [5, 5.41) is 0. The summed E-state index contributed by atoms with van der Waals surface area (Å²) < 4.78 is 5.41. The van der Waals surface area contributed by atoms with Gasteiger partial charge in [-0.3, -0.25) is 0 Å². The van der Waals surface area contributed by atoms with Gasteiger partial charge in [0.1, 0.15) is 0 Å². The molecule has 3 nitrogen and oxygen atoms in total. The third-order valence-corrected chi connectivity index (χ3v) is 1.22. The molecule has 0 fully saturated rings. The number of isocyanates is 1. The average molecular weight is 157 g/mol. The molecular formula is C8H15NO2. The zero-order valence-corrected chi connectivity index (χ0v) is 7.39. The molecule has 0 N–H and O–H groups in total. The summed E-state index contributed by atoms with van der Waals surface area (Å²) >= 11 is 0. The van der Waals surface area contributed by atoms with Crippen LogP contribution in [-0.4, -0.2) is 24.8 Å². The number of aliphatic imine (C=N–C) groups is 1. The van der Waals surface area contributed by atoms with Gasteiger partial charge in [-0.05, 0) is 20.3 Å². The first-order valence-electron chi connectivity index (χ1n) is 3.80. The van der Waals surface area contributed by atoms with Gasteiger partial charge in [-0.2, -0.15) is 0 Å². The van der Waals surface area contributed by atoms with E-state index < -0.39 is 0 Å². The first kappa shape index (κ1) is 10.3. The van der Waals surface area contributed by atoms with Gasteiger partial charge < -0.3 is 4.74 Å². The first-order valence-corrected chi connectivity index (χ1v) is 3.80. The Hall–Kier alpha value is -0.660. The smallest absolute Gasteiger partial charge is 0.235 e. The van der Waals surface area contributed by atoms with Crippen LogP contribution in [0.5, 0.6) is 0 Å². The molecule has 11 heavy (non-hydrogen) atoms. The second-order valence-corrected chi connectivity index (χ2v) is 3.02. The van der Waals surface area contributed by atoms with Crippen molar-refractivity contribution in [2.75, 3.05) is 13.2 Å². The minimum Gasteiger partial charge on any atom is -0.374 e. The minimum atomic E-state index is -0.326. The molecule has 0 unspecified atom stereocenters. The number of carbonyl (C=O) groups excluding carboxylic acids is 1. The van der Waals surface area contributed by atoms with Crippen LogP contribution < -0.4 is 0 Å². The van der Waals surface area contributed by atoms with Crippen molar-refractivity contribution in [3.8, 4) is 0 Å². The second-order valence-electron chi connectivity index (χ2n) is 3.02. The molecule has 0 aromatic carbocycles. The van der Waals surface area contributed by atoms with Gasteiger partial charge in [0, 0.05) is 6.61 Å². The molecule has 0 spiro atoms. The monoisotopic (exact) mass is 157 g/mol. The van der Waals surface area contributed by atoms with Crippen LogP contribution in [0, 0.1) is 0 Å². The Morgan fingerprint density at radius 2 is 2.18 bits per heavy atom. The molecule has 0 saturated carbocycles. The van der Waals surface area contributed by atoms with E-state index in [1.54, 1.807) is 0 Å². The molecule has 0 radical (unpaired) electrons. The van der Waals surface area contributed by atoms with Crippen LogP contribution in [0.2, 0.25) is 0 Å². The van der Waals surface area contributed by atoms with Crippen molar-refractivity contribution in [2.24, 2.45) is 4.99 Å². The maximum Gasteiger partial charge on any atom is 0.235 e. The molecule has 0 amide bonds. The molecule has 0 aliphatic carbocycles. The van der Waals surface area contributed by atoms with Crippen LogP contribution >= 0.6 is 0 Å². The fraction of sp³-hybridized carbons (Fsp3) is 0.875. The summed E-state index contributed by atoms with van der Waals surface area (Å²) in [6.07, 6.45) is 2.48. The predicted molar refractivity (Wildman–Crippen MR) is 43.3 cm³/mol. The van der Waals surface area contributed by atoms with Crippen LogP contribution in [0.3, 0.4) is 0 Å². The summed E-state index contributed by atoms with van der Waals surface area (Å²) in [6, 6.07) is 0. The van der Waals surface area contributed by atoms with E-state index in [0.717, 1.165) is 6.42 Å². The summed E-state index contributed by atoms with van der Waals surface area (Å²) in [6.45, 7) is 6.95. The van der Waals surface area contributed by atoms with Crippen molar-refractivity contribution in [2.45, 2.75) is 32.8 Å². The maximum atomic E-state index is 9.78. The Morgan fingerprint density at radius 3 is 2.64 bits per heavy atom. The highest BCUT2D eigenvalue weighted by atomic mass is 16.5. The Labute approximate surface area is 67.5 Å². The van der Waals surface area contributed by atoms with Crippen molar-refractivity contribution in [3.05, 3.63) is 0 Å². The molecule has 0 aromatic rings. The molecule has 0 aliphatic rings. The standard InChI is InChI=1S/C8H15NO2/c1-4-5-11-8(2,3)6-9-7-10/h4-6H2,1-3H3. The third kappa shape index (κ3) is 5.77. The predicted octanol–water partition coefficient (Wildman–Crippen LogP) is 1.53. The van der Waals surface area contributed by atoms with Crippen LogP contribution in [0.4, 0.5) is 0 Å². The molecule has 3 heteroatoms. The highest BCUT2D eigenvalue weighted by Crippen LogP contribution is 2.09. The van der Waals surface area contributed by atoms with Gasteiger partial charge in [-0.15, -0.1) is 0 Å². The molecule has 0 aliphatic heterocycles. The normalized spacial score (nSPS) is 10.8. The van der Waals surface area contributed by atoms with E-state index >= 15 is 0 Å². The molecule has 0 saturated heterocycles. The summed E-state index contributed by atoms with van der Waals surface area (Å²) in [5.41, 5.74) is -0.326. The van der Waals surface area contributed by atoms with E-state index in [-0.39, 0.29) is 5.60 Å². The van der Waals surface area contributed by atoms with Crippen molar-refractivity contribution in [3.63, 3.8) is 0 Å². The van der Waals surface area contributed by atoms with Crippen molar-refractivity contribution in [1.29, 1.82) is 0 Å². The van der Waals surface area contributed by atoms with Gasteiger partial charge in [0.2, 0.25) is 6.08 Å². The van der Waals surface area contributed by atoms with Gasteiger partial charge in [0.05, 0.1) is 12.1 Å². The van der Waals surface area contributed by atoms with Crippen molar-refractivity contribution < 1.29 is 9.53 Å². The first-order chi connectivity index (χ1) is 5.12. The van der Waals surface area contributed by atoms with E-state index in [1.807, 2.05) is 20.8 Å². The van der Waals surface area contributed by atoms with Crippen LogP contribution in [-0.2, 0) is 9.53 Å². The summed E-state index contributed by atoms with van der Waals surface area (Å²) in [5.74, 6) is 0. The van der Waals surface area contributed by atoms with E-state index in [0.29, 0.717) is 13.2 Å². The minimum absolute atomic E-state index is 0.326. The quantitative estimate of drug-likeness (QED) is 0.448. The van der Waals surface area contributed by atoms with Gasteiger partial charge >= 0.3 is 0 Å². The van der Waals surface area contributed by atoms with E-state index in [2.05, 4.69) is 4.99 Å². The molecular weight excluding hydrogens is 142 g/mol. The number of hydrogen-bond donors (Lipinski definition) is 0. The Morgan fingerprint density at radius 1 is 1.55 bits per heavy atom. The lowest BCUT2D eigenvalue weighted by Crippen LogP contribution is -2.28. The van der Waals surface area contributed by atoms with E-state index in [1.165, 1.54) is 6.08 Å². The Balaban J connectivity index is 3.69. The zero-order chi connectivity index (χ0) is 8.74. The largest absolute Gasteiger partial charge is 0.374 e. The van der Waals surface area contributed by atoms with Crippen LogP contribution in [0.25, 0.3) is 0 Å². The topological polar surface area (TPSA) is 38.7 Å². The lowest BCUT2D eigenvalue weighted by atomic mass is 10.1. The van der Waals surface area contributed by atoms with Crippen molar-refractivity contribution in [1.82, 2.24) is 0 Å². The molecule has 64 valence electrons. The third-order valence-electron chi connectivity index (χ3n) is 1.22. The Kier molecular flexibility index (Phi) is 4.75. The van der Waals surface area contributed by atoms with Crippen molar-refractivity contribution >= 4 is 6.08 Å². The van der Waals surface area contributed by atoms with Gasteiger partial charge in [-0.25, -0.2) is 9.79 Å². The lowest BCUT2D eigenvalue weighted by molar-refractivity contribution is -0.00946. The molecule has 0 rings (SSSR count). The second kappa shape index (κ2) is 5.05. The number of ether oxygens (including phenoxy) is 1. The van der Waals surface area contributed by atoms with Gasteiger partial charge in [-0.1, -0.05) is 6.92 Å². The maximum absolute atomic E-state index is 9.78. The number of hydrogen-bond acceptors (Lipinski definition) is 3. The molecule has 0 atom stereocenters. The highest BCUT2D eigenvalue weighted by Gasteiger charge is 2.16. The summed E-state index contributed by atoms with van der Waals surface area (Å²) in [4.78, 5) is 13.2. The fourth-order valence-electron chi connectivity index (χ4n) is 0.647. The lowest BCUT2D eigenvalue weighted by Gasteiger charge is -2.21. The fourth-order valence-corrected chi connectivity index (χ4v) is 0.647. The Bertz CT molecular complexity index is 148. The average Bonchev–Trinajstić information content (AvgIpc) is 1.97.